The van der Waals surface area contributed by atoms with Gasteiger partial charge in [-0.15, -0.1) is 0 Å². The second-order valence-electron chi connectivity index (χ2n) is 3.77. The second kappa shape index (κ2) is 5.02. The highest BCUT2D eigenvalue weighted by molar-refractivity contribution is 7.89. The molecule has 19 heavy (non-hydrogen) atoms. The van der Waals surface area contributed by atoms with E-state index in [1.807, 2.05) is 0 Å². The number of rotatable bonds is 4. The summed E-state index contributed by atoms with van der Waals surface area (Å²) in [5, 5.41) is 6.05. The summed E-state index contributed by atoms with van der Waals surface area (Å²) in [6.07, 6.45) is 1.22. The normalized spacial score (nSPS) is 12.0. The molecule has 0 spiro atoms. The van der Waals surface area contributed by atoms with Crippen LogP contribution in [-0.2, 0) is 16.6 Å². The topological polar surface area (TPSA) is 79.0 Å². The zero-order chi connectivity index (χ0) is 14.0. The van der Waals surface area contributed by atoms with Gasteiger partial charge in [-0.1, -0.05) is 0 Å². The van der Waals surface area contributed by atoms with Crippen LogP contribution >= 0.6 is 0 Å². The fraction of sp³-hybridized carbons (Fsp3) is 0.200. The Morgan fingerprint density at radius 3 is 2.74 bits per heavy atom. The van der Waals surface area contributed by atoms with Gasteiger partial charge in [0.1, 0.15) is 28.7 Å². The molecule has 0 saturated carbocycles. The Morgan fingerprint density at radius 2 is 2.11 bits per heavy atom. The third-order valence-corrected chi connectivity index (χ3v) is 4.24. The summed E-state index contributed by atoms with van der Waals surface area (Å²) in [6, 6.07) is 2.26. The molecule has 0 aliphatic carbocycles. The molecule has 0 saturated heterocycles. The number of halogens is 2. The molecule has 0 fully saturated rings. The molecular formula is C10H10F2N4O2S. The molecule has 0 atom stereocenters. The smallest absolute Gasteiger partial charge is 0.246 e. The molecule has 0 bridgehead atoms. The zero-order valence-electron chi connectivity index (χ0n) is 9.84. The molecule has 2 rings (SSSR count). The van der Waals surface area contributed by atoms with Crippen LogP contribution in [0.15, 0.2) is 29.4 Å². The van der Waals surface area contributed by atoms with Gasteiger partial charge < -0.3 is 0 Å². The summed E-state index contributed by atoms with van der Waals surface area (Å²) in [4.78, 5) is 3.05. The number of hydrogen-bond acceptors (Lipinski definition) is 4. The van der Waals surface area contributed by atoms with Crippen LogP contribution < -0.4 is 0 Å². The van der Waals surface area contributed by atoms with Gasteiger partial charge in [-0.2, -0.15) is 9.40 Å². The maximum atomic E-state index is 13.5. The average molecular weight is 288 g/mol. The molecule has 1 aromatic carbocycles. The SMILES string of the molecule is CN(Cc1ncn[nH]1)S(=O)(=O)c1cc(F)ccc1F. The van der Waals surface area contributed by atoms with Crippen LogP contribution in [0.2, 0.25) is 0 Å². The van der Waals surface area contributed by atoms with Crippen molar-refractivity contribution in [2.75, 3.05) is 7.05 Å². The van der Waals surface area contributed by atoms with Crippen molar-refractivity contribution in [1.82, 2.24) is 19.5 Å². The van der Waals surface area contributed by atoms with Crippen LogP contribution in [0.25, 0.3) is 0 Å². The number of nitrogens with one attached hydrogen (secondary N) is 1. The van der Waals surface area contributed by atoms with Crippen molar-refractivity contribution < 1.29 is 17.2 Å². The highest BCUT2D eigenvalue weighted by Gasteiger charge is 2.25. The fourth-order valence-electron chi connectivity index (χ4n) is 1.45. The van der Waals surface area contributed by atoms with E-state index in [-0.39, 0.29) is 6.54 Å². The number of aromatic amines is 1. The molecular weight excluding hydrogens is 278 g/mol. The van der Waals surface area contributed by atoms with E-state index in [1.165, 1.54) is 13.4 Å². The van der Waals surface area contributed by atoms with E-state index in [4.69, 9.17) is 0 Å². The maximum Gasteiger partial charge on any atom is 0.246 e. The molecule has 102 valence electrons. The average Bonchev–Trinajstić information content (AvgIpc) is 2.85. The van der Waals surface area contributed by atoms with E-state index in [0.29, 0.717) is 11.9 Å². The number of benzene rings is 1. The van der Waals surface area contributed by atoms with E-state index < -0.39 is 26.6 Å². The standard InChI is InChI=1S/C10H10F2N4O2S/c1-16(5-10-13-6-14-15-10)19(17,18)9-4-7(11)2-3-8(9)12/h2-4,6H,5H2,1H3,(H,13,14,15). The van der Waals surface area contributed by atoms with Gasteiger partial charge in [-0.05, 0) is 18.2 Å². The van der Waals surface area contributed by atoms with Crippen LogP contribution in [0.4, 0.5) is 8.78 Å². The first kappa shape index (κ1) is 13.6. The van der Waals surface area contributed by atoms with E-state index in [2.05, 4.69) is 15.2 Å². The summed E-state index contributed by atoms with van der Waals surface area (Å²) < 4.78 is 51.6. The monoisotopic (exact) mass is 288 g/mol. The Bertz CT molecular complexity index is 673. The quantitative estimate of drug-likeness (QED) is 0.906. The van der Waals surface area contributed by atoms with E-state index in [9.17, 15) is 17.2 Å². The van der Waals surface area contributed by atoms with Crippen molar-refractivity contribution in [3.63, 3.8) is 0 Å². The lowest BCUT2D eigenvalue weighted by molar-refractivity contribution is 0.449. The number of hydrogen-bond donors (Lipinski definition) is 1. The van der Waals surface area contributed by atoms with Crippen molar-refractivity contribution in [3.05, 3.63) is 42.0 Å². The third kappa shape index (κ3) is 2.76. The zero-order valence-corrected chi connectivity index (χ0v) is 10.7. The molecule has 2 aromatic rings. The lowest BCUT2D eigenvalue weighted by atomic mass is 10.3. The fourth-order valence-corrected chi connectivity index (χ4v) is 2.65. The molecule has 0 aliphatic heterocycles. The Balaban J connectivity index is 2.33. The van der Waals surface area contributed by atoms with Crippen molar-refractivity contribution in [2.45, 2.75) is 11.4 Å². The van der Waals surface area contributed by atoms with Crippen molar-refractivity contribution >= 4 is 10.0 Å². The molecule has 1 heterocycles. The second-order valence-corrected chi connectivity index (χ2v) is 5.78. The lowest BCUT2D eigenvalue weighted by Gasteiger charge is -2.16. The van der Waals surface area contributed by atoms with Gasteiger partial charge >= 0.3 is 0 Å². The van der Waals surface area contributed by atoms with Crippen molar-refractivity contribution in [2.24, 2.45) is 0 Å². The molecule has 0 radical (unpaired) electrons. The predicted octanol–water partition coefficient (Wildman–Crippen LogP) is 0.904. The van der Waals surface area contributed by atoms with Gasteiger partial charge in [0.15, 0.2) is 0 Å². The summed E-state index contributed by atoms with van der Waals surface area (Å²) in [6.45, 7) is -0.127. The third-order valence-electron chi connectivity index (χ3n) is 2.42. The Kier molecular flexibility index (Phi) is 3.58. The summed E-state index contributed by atoms with van der Waals surface area (Å²) in [5.74, 6) is -1.54. The van der Waals surface area contributed by atoms with E-state index >= 15 is 0 Å². The molecule has 1 aromatic heterocycles. The highest BCUT2D eigenvalue weighted by atomic mass is 32.2. The molecule has 0 amide bonds. The van der Waals surface area contributed by atoms with E-state index in [0.717, 1.165) is 16.4 Å². The van der Waals surface area contributed by atoms with Gasteiger partial charge in [0.2, 0.25) is 10.0 Å². The Morgan fingerprint density at radius 1 is 1.37 bits per heavy atom. The number of aromatic nitrogens is 3. The minimum atomic E-state index is -4.14. The van der Waals surface area contributed by atoms with Crippen molar-refractivity contribution in [1.29, 1.82) is 0 Å². The first-order valence-corrected chi connectivity index (χ1v) is 6.61. The van der Waals surface area contributed by atoms with E-state index in [1.54, 1.807) is 0 Å². The van der Waals surface area contributed by atoms with Crippen molar-refractivity contribution in [3.8, 4) is 0 Å². The maximum absolute atomic E-state index is 13.5. The first-order chi connectivity index (χ1) is 8.91. The Hall–Kier alpha value is -1.87. The molecule has 0 unspecified atom stereocenters. The van der Waals surface area contributed by atoms with Gasteiger partial charge in [0, 0.05) is 7.05 Å². The van der Waals surface area contributed by atoms with Crippen LogP contribution in [0.3, 0.4) is 0 Å². The summed E-state index contributed by atoms with van der Waals surface area (Å²) in [5.41, 5.74) is 0. The van der Waals surface area contributed by atoms with Crippen LogP contribution in [0.1, 0.15) is 5.82 Å². The first-order valence-electron chi connectivity index (χ1n) is 5.17. The number of nitrogens with zero attached hydrogens (tertiary/aromatic N) is 3. The molecule has 6 nitrogen and oxygen atoms in total. The van der Waals surface area contributed by atoms with Gasteiger partial charge in [-0.25, -0.2) is 22.2 Å². The van der Waals surface area contributed by atoms with Gasteiger partial charge in [0.25, 0.3) is 0 Å². The predicted molar refractivity (Wildman–Crippen MR) is 61.4 cm³/mol. The lowest BCUT2D eigenvalue weighted by Crippen LogP contribution is -2.27. The molecule has 1 N–H and O–H groups in total. The highest BCUT2D eigenvalue weighted by Crippen LogP contribution is 2.20. The molecule has 0 aliphatic rings. The Labute approximate surface area is 108 Å². The largest absolute Gasteiger partial charge is 0.262 e. The minimum absolute atomic E-state index is 0.127. The minimum Gasteiger partial charge on any atom is -0.262 e. The van der Waals surface area contributed by atoms with Crippen LogP contribution in [0, 0.1) is 11.6 Å². The number of H-pyrrole nitrogens is 1. The number of sulfonamides is 1. The van der Waals surface area contributed by atoms with Gasteiger partial charge in [-0.3, -0.25) is 5.10 Å². The summed E-state index contributed by atoms with van der Waals surface area (Å²) >= 11 is 0. The molecule has 9 heteroatoms. The van der Waals surface area contributed by atoms with Crippen LogP contribution in [0.5, 0.6) is 0 Å². The van der Waals surface area contributed by atoms with Gasteiger partial charge in [0.05, 0.1) is 6.54 Å². The summed E-state index contributed by atoms with van der Waals surface area (Å²) in [7, 11) is -2.90. The van der Waals surface area contributed by atoms with Crippen LogP contribution in [-0.4, -0.2) is 35.0 Å².